The molecule has 1 fully saturated rings. The zero-order valence-corrected chi connectivity index (χ0v) is 12.7. The van der Waals surface area contributed by atoms with E-state index in [4.69, 9.17) is 0 Å². The van der Waals surface area contributed by atoms with Gasteiger partial charge in [0.05, 0.1) is 5.69 Å². The van der Waals surface area contributed by atoms with Gasteiger partial charge in [-0.1, -0.05) is 13.8 Å². The second kappa shape index (κ2) is 6.38. The first kappa shape index (κ1) is 14.3. The third-order valence-electron chi connectivity index (χ3n) is 3.47. The monoisotopic (exact) mass is 261 g/mol. The first-order valence-corrected chi connectivity index (χ1v) is 7.51. The zero-order chi connectivity index (χ0) is 13.8. The largest absolute Gasteiger partial charge is 0.369 e. The number of hydrogen-bond acceptors (Lipinski definition) is 3. The molecule has 1 N–H and O–H groups in total. The Morgan fingerprint density at radius 1 is 1.32 bits per heavy atom. The smallest absolute Gasteiger partial charge is 0.0562 e. The van der Waals surface area contributed by atoms with Crippen LogP contribution in [0.4, 0.5) is 5.69 Å². The Kier molecular flexibility index (Phi) is 4.81. The molecule has 0 atom stereocenters. The van der Waals surface area contributed by atoms with Gasteiger partial charge in [-0.05, 0) is 44.7 Å². The molecule has 0 bridgehead atoms. The number of rotatable bonds is 7. The van der Waals surface area contributed by atoms with Crippen LogP contribution in [0, 0.1) is 5.92 Å². The van der Waals surface area contributed by atoms with Gasteiger partial charge in [0, 0.05) is 37.1 Å². The highest BCUT2D eigenvalue weighted by molar-refractivity contribution is 5.47. The maximum Gasteiger partial charge on any atom is 0.0562 e. The number of anilines is 1. The maximum absolute atomic E-state index is 4.47. The molecule has 1 aromatic heterocycles. The van der Waals surface area contributed by atoms with Crippen LogP contribution in [0.5, 0.6) is 0 Å². The summed E-state index contributed by atoms with van der Waals surface area (Å²) in [4.78, 5) is 6.94. The molecule has 1 aliphatic carbocycles. The van der Waals surface area contributed by atoms with Gasteiger partial charge in [-0.15, -0.1) is 0 Å². The highest BCUT2D eigenvalue weighted by Gasteiger charge is 2.20. The Morgan fingerprint density at radius 3 is 2.63 bits per heavy atom. The normalized spacial score (nSPS) is 15.3. The van der Waals surface area contributed by atoms with E-state index in [1.165, 1.54) is 18.5 Å². The summed E-state index contributed by atoms with van der Waals surface area (Å²) >= 11 is 0. The van der Waals surface area contributed by atoms with E-state index in [-0.39, 0.29) is 0 Å². The third kappa shape index (κ3) is 4.50. The van der Waals surface area contributed by atoms with E-state index in [0.717, 1.165) is 24.8 Å². The second-order valence-corrected chi connectivity index (χ2v) is 6.30. The van der Waals surface area contributed by atoms with Crippen LogP contribution in [0.1, 0.15) is 46.2 Å². The molecule has 0 aliphatic heterocycles. The number of hydrogen-bond donors (Lipinski definition) is 1. The van der Waals surface area contributed by atoms with E-state index in [1.807, 2.05) is 6.20 Å². The van der Waals surface area contributed by atoms with Gasteiger partial charge in [0.1, 0.15) is 0 Å². The summed E-state index contributed by atoms with van der Waals surface area (Å²) < 4.78 is 0. The van der Waals surface area contributed by atoms with Crippen LogP contribution in [0.25, 0.3) is 0 Å². The summed E-state index contributed by atoms with van der Waals surface area (Å²) in [6, 6.07) is 5.62. The molecule has 0 aromatic carbocycles. The van der Waals surface area contributed by atoms with Gasteiger partial charge in [0.25, 0.3) is 0 Å². The van der Waals surface area contributed by atoms with Crippen molar-refractivity contribution in [3.05, 3.63) is 24.0 Å². The minimum atomic E-state index is 0.522. The highest BCUT2D eigenvalue weighted by Crippen LogP contribution is 2.21. The lowest BCUT2D eigenvalue weighted by Gasteiger charge is -2.31. The third-order valence-corrected chi connectivity index (χ3v) is 3.47. The molecular weight excluding hydrogens is 234 g/mol. The van der Waals surface area contributed by atoms with Crippen molar-refractivity contribution < 1.29 is 0 Å². The molecule has 0 saturated heterocycles. The molecule has 0 amide bonds. The van der Waals surface area contributed by atoms with Crippen LogP contribution in [-0.4, -0.2) is 23.6 Å². The van der Waals surface area contributed by atoms with Crippen molar-refractivity contribution in [2.45, 2.75) is 59.2 Å². The van der Waals surface area contributed by atoms with Crippen LogP contribution in [-0.2, 0) is 6.54 Å². The average molecular weight is 261 g/mol. The first-order valence-electron chi connectivity index (χ1n) is 7.51. The van der Waals surface area contributed by atoms with Gasteiger partial charge in [0.2, 0.25) is 0 Å². The minimum absolute atomic E-state index is 0.522. The van der Waals surface area contributed by atoms with Crippen molar-refractivity contribution in [2.75, 3.05) is 11.4 Å². The highest BCUT2D eigenvalue weighted by atomic mass is 15.2. The summed E-state index contributed by atoms with van der Waals surface area (Å²) in [5.41, 5.74) is 2.45. The Hall–Kier alpha value is -1.09. The fraction of sp³-hybridized carbons (Fsp3) is 0.688. The van der Waals surface area contributed by atoms with E-state index in [1.54, 1.807) is 0 Å². The molecule has 0 unspecified atom stereocenters. The summed E-state index contributed by atoms with van der Waals surface area (Å²) in [6.07, 6.45) is 4.59. The first-order chi connectivity index (χ1) is 9.06. The van der Waals surface area contributed by atoms with Crippen molar-refractivity contribution in [3.63, 3.8) is 0 Å². The Labute approximate surface area is 117 Å². The minimum Gasteiger partial charge on any atom is -0.369 e. The zero-order valence-electron chi connectivity index (χ0n) is 12.7. The molecule has 0 spiro atoms. The fourth-order valence-corrected chi connectivity index (χ4v) is 2.28. The molecule has 1 aliphatic rings. The van der Waals surface area contributed by atoms with E-state index < -0.39 is 0 Å². The van der Waals surface area contributed by atoms with E-state index >= 15 is 0 Å². The van der Waals surface area contributed by atoms with Crippen molar-refractivity contribution in [1.82, 2.24) is 10.3 Å². The standard InChI is InChI=1S/C16H27N3/c1-12(2)11-19(13(3)4)16-7-8-17-15(9-16)10-18-14-5-6-14/h7-9,12-14,18H,5-6,10-11H2,1-4H3. The topological polar surface area (TPSA) is 28.2 Å². The molecule has 106 valence electrons. The molecule has 3 nitrogen and oxygen atoms in total. The molecule has 3 heteroatoms. The predicted molar refractivity (Wildman–Crippen MR) is 81.4 cm³/mol. The lowest BCUT2D eigenvalue weighted by molar-refractivity contribution is 0.570. The molecule has 19 heavy (non-hydrogen) atoms. The van der Waals surface area contributed by atoms with Gasteiger partial charge in [-0.2, -0.15) is 0 Å². The molecule has 1 aromatic rings. The number of pyridine rings is 1. The van der Waals surface area contributed by atoms with E-state index in [2.05, 4.69) is 55.0 Å². The van der Waals surface area contributed by atoms with E-state index in [9.17, 15) is 0 Å². The average Bonchev–Trinajstić information content (AvgIpc) is 3.17. The van der Waals surface area contributed by atoms with Crippen molar-refractivity contribution in [1.29, 1.82) is 0 Å². The quantitative estimate of drug-likeness (QED) is 0.817. The summed E-state index contributed by atoms with van der Waals surface area (Å²) in [5, 5.41) is 3.53. The number of aromatic nitrogens is 1. The van der Waals surface area contributed by atoms with Crippen LogP contribution in [0.15, 0.2) is 18.3 Å². The van der Waals surface area contributed by atoms with Gasteiger partial charge in [-0.3, -0.25) is 4.98 Å². The lowest BCUT2D eigenvalue weighted by atomic mass is 10.1. The van der Waals surface area contributed by atoms with Crippen LogP contribution in [0.3, 0.4) is 0 Å². The SMILES string of the molecule is CC(C)CN(c1ccnc(CNC2CC2)c1)C(C)C. The second-order valence-electron chi connectivity index (χ2n) is 6.30. The lowest BCUT2D eigenvalue weighted by Crippen LogP contribution is -2.34. The Bertz CT molecular complexity index is 397. The van der Waals surface area contributed by atoms with Crippen molar-refractivity contribution in [2.24, 2.45) is 5.92 Å². The molecule has 0 radical (unpaired) electrons. The van der Waals surface area contributed by atoms with Crippen molar-refractivity contribution in [3.8, 4) is 0 Å². The van der Waals surface area contributed by atoms with Gasteiger partial charge < -0.3 is 10.2 Å². The van der Waals surface area contributed by atoms with Crippen LogP contribution >= 0.6 is 0 Å². The van der Waals surface area contributed by atoms with Crippen molar-refractivity contribution >= 4 is 5.69 Å². The molecular formula is C16H27N3. The summed E-state index contributed by atoms with van der Waals surface area (Å²) in [5.74, 6) is 0.670. The molecule has 2 rings (SSSR count). The maximum atomic E-state index is 4.47. The van der Waals surface area contributed by atoms with E-state index in [0.29, 0.717) is 12.0 Å². The van der Waals surface area contributed by atoms with Gasteiger partial charge in [-0.25, -0.2) is 0 Å². The van der Waals surface area contributed by atoms with Crippen LogP contribution < -0.4 is 10.2 Å². The van der Waals surface area contributed by atoms with Gasteiger partial charge >= 0.3 is 0 Å². The number of nitrogens with zero attached hydrogens (tertiary/aromatic N) is 2. The summed E-state index contributed by atoms with van der Waals surface area (Å²) in [7, 11) is 0. The Balaban J connectivity index is 2.05. The predicted octanol–water partition coefficient (Wildman–Crippen LogP) is 3.20. The van der Waals surface area contributed by atoms with Crippen LogP contribution in [0.2, 0.25) is 0 Å². The van der Waals surface area contributed by atoms with Gasteiger partial charge in [0.15, 0.2) is 0 Å². The summed E-state index contributed by atoms with van der Waals surface area (Å²) in [6.45, 7) is 11.0. The number of nitrogens with one attached hydrogen (secondary N) is 1. The Morgan fingerprint density at radius 2 is 2.05 bits per heavy atom. The molecule has 1 heterocycles. The fourth-order valence-electron chi connectivity index (χ4n) is 2.28. The molecule has 1 saturated carbocycles.